The van der Waals surface area contributed by atoms with Gasteiger partial charge in [0, 0.05) is 6.07 Å². The minimum atomic E-state index is -0.575. The van der Waals surface area contributed by atoms with Gasteiger partial charge in [-0.3, -0.25) is 14.9 Å². The molecule has 1 aromatic heterocycles. The van der Waals surface area contributed by atoms with Gasteiger partial charge in [-0.05, 0) is 47.0 Å². The molecule has 3 rings (SSSR count). The van der Waals surface area contributed by atoms with Crippen molar-refractivity contribution >= 4 is 29.0 Å². The van der Waals surface area contributed by atoms with Crippen LogP contribution < -0.4 is 5.32 Å². The smallest absolute Gasteiger partial charge is 0.292 e. The third-order valence-electron chi connectivity index (χ3n) is 4.26. The molecule has 1 N–H and O–H groups in total. The second-order valence-corrected chi connectivity index (χ2v) is 7.95. The molecule has 29 heavy (non-hydrogen) atoms. The predicted molar refractivity (Wildman–Crippen MR) is 110 cm³/mol. The lowest BCUT2D eigenvalue weighted by Gasteiger charge is -2.12. The van der Waals surface area contributed by atoms with Crippen molar-refractivity contribution in [1.82, 2.24) is 20.2 Å². The lowest BCUT2D eigenvalue weighted by molar-refractivity contribution is -0.383. The molecule has 0 radical (unpaired) electrons. The summed E-state index contributed by atoms with van der Waals surface area (Å²) in [6.45, 7) is 5.92. The molecule has 0 spiro atoms. The van der Waals surface area contributed by atoms with Crippen molar-refractivity contribution in [1.29, 1.82) is 0 Å². The maximum Gasteiger partial charge on any atom is 0.292 e. The van der Waals surface area contributed by atoms with E-state index in [0.717, 1.165) is 5.69 Å². The first-order chi connectivity index (χ1) is 13.9. The number of amides is 1. The molecule has 0 aliphatic rings. The zero-order valence-electron chi connectivity index (χ0n) is 16.1. The average Bonchev–Trinajstić information content (AvgIpc) is 3.16. The quantitative estimate of drug-likeness (QED) is 0.356. The van der Waals surface area contributed by atoms with Crippen LogP contribution >= 0.6 is 11.8 Å². The zero-order chi connectivity index (χ0) is 21.0. The fourth-order valence-corrected chi connectivity index (χ4v) is 3.41. The number of nitrogens with one attached hydrogen (secondary N) is 1. The van der Waals surface area contributed by atoms with Crippen molar-refractivity contribution in [3.63, 3.8) is 0 Å². The summed E-state index contributed by atoms with van der Waals surface area (Å²) in [5, 5.41) is 25.3. The fourth-order valence-electron chi connectivity index (χ4n) is 2.60. The molecular weight excluding hydrogens is 392 g/mol. The van der Waals surface area contributed by atoms with Crippen LogP contribution in [0.4, 0.5) is 11.4 Å². The van der Waals surface area contributed by atoms with Gasteiger partial charge in [-0.1, -0.05) is 49.9 Å². The van der Waals surface area contributed by atoms with E-state index in [1.807, 2.05) is 24.3 Å². The molecule has 0 saturated heterocycles. The number of carbonyl (C=O) groups is 1. The third-order valence-corrected chi connectivity index (χ3v) is 5.29. The van der Waals surface area contributed by atoms with E-state index < -0.39 is 10.2 Å². The standard InChI is InChI=1S/C19H20N6O3S/c1-12(2)14-8-10-15(11-9-14)24-19(21-22-23-24)29-13(3)18(26)20-16-6-4-5-7-17(16)25(27)28/h4-13H,1-3H3,(H,20,26)/t13-/m0/s1. The Labute approximate surface area is 171 Å². The van der Waals surface area contributed by atoms with Crippen LogP contribution in [0.2, 0.25) is 0 Å². The van der Waals surface area contributed by atoms with Gasteiger partial charge in [-0.25, -0.2) is 0 Å². The van der Waals surface area contributed by atoms with Crippen molar-refractivity contribution < 1.29 is 9.72 Å². The van der Waals surface area contributed by atoms with Crippen LogP contribution in [0.1, 0.15) is 32.3 Å². The van der Waals surface area contributed by atoms with E-state index in [-0.39, 0.29) is 17.3 Å². The minimum Gasteiger partial charge on any atom is -0.319 e. The molecule has 0 aliphatic heterocycles. The van der Waals surface area contributed by atoms with E-state index >= 15 is 0 Å². The molecule has 1 atom stereocenters. The number of tetrazole rings is 1. The SMILES string of the molecule is CC(C)c1ccc(-n2nnnc2S[C@@H](C)C(=O)Nc2ccccc2[N+](=O)[O-])cc1. The van der Waals surface area contributed by atoms with Crippen molar-refractivity contribution in [2.24, 2.45) is 0 Å². The Morgan fingerprint density at radius 1 is 1.14 bits per heavy atom. The predicted octanol–water partition coefficient (Wildman–Crippen LogP) is 3.81. The van der Waals surface area contributed by atoms with Crippen molar-refractivity contribution in [2.75, 3.05) is 5.32 Å². The number of hydrogen-bond acceptors (Lipinski definition) is 7. The summed E-state index contributed by atoms with van der Waals surface area (Å²) in [6.07, 6.45) is 0. The van der Waals surface area contributed by atoms with Crippen LogP contribution in [0.15, 0.2) is 53.7 Å². The maximum absolute atomic E-state index is 12.5. The summed E-state index contributed by atoms with van der Waals surface area (Å²) >= 11 is 1.17. The van der Waals surface area contributed by atoms with Gasteiger partial charge >= 0.3 is 0 Å². The van der Waals surface area contributed by atoms with Crippen LogP contribution in [0.25, 0.3) is 5.69 Å². The summed E-state index contributed by atoms with van der Waals surface area (Å²) in [4.78, 5) is 23.1. The number of nitro benzene ring substituents is 1. The summed E-state index contributed by atoms with van der Waals surface area (Å²) in [5.74, 6) is 0.0338. The molecule has 1 amide bonds. The number of hydrogen-bond donors (Lipinski definition) is 1. The average molecular weight is 412 g/mol. The first-order valence-corrected chi connectivity index (χ1v) is 9.84. The highest BCUT2D eigenvalue weighted by Crippen LogP contribution is 2.27. The number of thioether (sulfide) groups is 1. The topological polar surface area (TPSA) is 116 Å². The highest BCUT2D eigenvalue weighted by molar-refractivity contribution is 8.00. The van der Waals surface area contributed by atoms with Crippen LogP contribution in [-0.4, -0.2) is 36.3 Å². The third kappa shape index (κ3) is 4.77. The van der Waals surface area contributed by atoms with E-state index in [9.17, 15) is 14.9 Å². The Hall–Kier alpha value is -3.27. The normalized spacial score (nSPS) is 12.0. The van der Waals surface area contributed by atoms with E-state index in [0.29, 0.717) is 11.1 Å². The van der Waals surface area contributed by atoms with E-state index in [4.69, 9.17) is 0 Å². The van der Waals surface area contributed by atoms with Crippen molar-refractivity contribution in [3.8, 4) is 5.69 Å². The molecule has 0 bridgehead atoms. The van der Waals surface area contributed by atoms with Crippen LogP contribution in [0, 0.1) is 10.1 Å². The second kappa shape index (κ2) is 8.82. The second-order valence-electron chi connectivity index (χ2n) is 6.64. The van der Waals surface area contributed by atoms with Crippen molar-refractivity contribution in [3.05, 3.63) is 64.2 Å². The Balaban J connectivity index is 1.73. The van der Waals surface area contributed by atoms with Gasteiger partial charge in [0.05, 0.1) is 15.9 Å². The van der Waals surface area contributed by atoms with Gasteiger partial charge in [0.1, 0.15) is 5.69 Å². The van der Waals surface area contributed by atoms with Crippen molar-refractivity contribution in [2.45, 2.75) is 37.1 Å². The number of aromatic nitrogens is 4. The van der Waals surface area contributed by atoms with E-state index in [1.165, 1.54) is 29.5 Å². The molecule has 3 aromatic rings. The molecule has 150 valence electrons. The van der Waals surface area contributed by atoms with Gasteiger partial charge in [0.15, 0.2) is 0 Å². The highest BCUT2D eigenvalue weighted by Gasteiger charge is 2.22. The molecular formula is C19H20N6O3S. The number of nitro groups is 1. The Bertz CT molecular complexity index is 1020. The minimum absolute atomic E-state index is 0.152. The number of rotatable bonds is 7. The largest absolute Gasteiger partial charge is 0.319 e. The summed E-state index contributed by atoms with van der Waals surface area (Å²) in [7, 11) is 0. The van der Waals surface area contributed by atoms with E-state index in [2.05, 4.69) is 34.7 Å². The number of carbonyl (C=O) groups excluding carboxylic acids is 1. The Kier molecular flexibility index (Phi) is 6.23. The van der Waals surface area contributed by atoms with Gasteiger partial charge in [-0.15, -0.1) is 5.10 Å². The maximum atomic E-state index is 12.5. The van der Waals surface area contributed by atoms with E-state index in [1.54, 1.807) is 23.7 Å². The molecule has 9 nitrogen and oxygen atoms in total. The molecule has 10 heteroatoms. The molecule has 0 saturated carbocycles. The zero-order valence-corrected chi connectivity index (χ0v) is 17.0. The van der Waals surface area contributed by atoms with Crippen LogP contribution in [0.5, 0.6) is 0 Å². The molecule has 0 fully saturated rings. The lowest BCUT2D eigenvalue weighted by atomic mass is 10.0. The molecule has 0 unspecified atom stereocenters. The van der Waals surface area contributed by atoms with Gasteiger partial charge in [0.2, 0.25) is 11.1 Å². The molecule has 0 aliphatic carbocycles. The molecule has 2 aromatic carbocycles. The van der Waals surface area contributed by atoms with Gasteiger partial charge in [0.25, 0.3) is 5.69 Å². The summed E-state index contributed by atoms with van der Waals surface area (Å²) < 4.78 is 1.56. The van der Waals surface area contributed by atoms with Crippen LogP contribution in [0.3, 0.4) is 0 Å². The van der Waals surface area contributed by atoms with Gasteiger partial charge in [-0.2, -0.15) is 4.68 Å². The number of nitrogens with zero attached hydrogens (tertiary/aromatic N) is 5. The van der Waals surface area contributed by atoms with Gasteiger partial charge < -0.3 is 5.32 Å². The molecule has 1 heterocycles. The summed E-state index contributed by atoms with van der Waals surface area (Å²) in [5.41, 5.74) is 1.98. The first-order valence-electron chi connectivity index (χ1n) is 8.96. The van der Waals surface area contributed by atoms with Crippen LogP contribution in [-0.2, 0) is 4.79 Å². The fraction of sp³-hybridized carbons (Fsp3) is 0.263. The lowest BCUT2D eigenvalue weighted by Crippen LogP contribution is -2.23. The first kappa shape index (κ1) is 20.5. The Morgan fingerprint density at radius 3 is 2.48 bits per heavy atom. The number of para-hydroxylation sites is 2. The highest BCUT2D eigenvalue weighted by atomic mass is 32.2. The number of anilines is 1. The number of benzene rings is 2. The Morgan fingerprint density at radius 2 is 1.83 bits per heavy atom. The monoisotopic (exact) mass is 412 g/mol. The summed E-state index contributed by atoms with van der Waals surface area (Å²) in [6, 6.07) is 13.9.